The van der Waals surface area contributed by atoms with Gasteiger partial charge in [-0.15, -0.1) is 0 Å². The van der Waals surface area contributed by atoms with Gasteiger partial charge in [0.2, 0.25) is 0 Å². The normalized spacial score (nSPS) is 13.9. The van der Waals surface area contributed by atoms with Gasteiger partial charge in [0, 0.05) is 12.4 Å². The van der Waals surface area contributed by atoms with Crippen LogP contribution in [0.5, 0.6) is 0 Å². The number of oxime groups is 1. The molecule has 0 aliphatic rings. The summed E-state index contributed by atoms with van der Waals surface area (Å²) in [6.45, 7) is 1.49. The summed E-state index contributed by atoms with van der Waals surface area (Å²) in [5, 5.41) is 11.3. The molecule has 1 rings (SSSR count). The first-order valence-electron chi connectivity index (χ1n) is 4.89. The molecule has 92 valence electrons. The van der Waals surface area contributed by atoms with Gasteiger partial charge in [-0.2, -0.15) is 13.2 Å². The van der Waals surface area contributed by atoms with Crippen LogP contribution < -0.4 is 0 Å². The summed E-state index contributed by atoms with van der Waals surface area (Å²) in [4.78, 5) is 3.71. The first-order valence-corrected chi connectivity index (χ1v) is 4.89. The molecule has 1 heterocycles. The average Bonchev–Trinajstić information content (AvgIpc) is 2.29. The fourth-order valence-corrected chi connectivity index (χ4v) is 1.27. The molecule has 0 aliphatic carbocycles. The maximum atomic E-state index is 12.8. The van der Waals surface area contributed by atoms with E-state index in [4.69, 9.17) is 5.21 Å². The lowest BCUT2D eigenvalue weighted by Crippen LogP contribution is -2.19. The number of aromatic nitrogens is 1. The molecule has 0 aromatic carbocycles. The SMILES string of the molecule is CCC(=N\O)/C(=C\c1ccncc1)C(F)(F)F. The number of hydrogen-bond acceptors (Lipinski definition) is 3. The van der Waals surface area contributed by atoms with Crippen molar-refractivity contribution in [1.82, 2.24) is 4.98 Å². The fourth-order valence-electron chi connectivity index (χ4n) is 1.27. The maximum absolute atomic E-state index is 12.8. The number of halogens is 3. The van der Waals surface area contributed by atoms with Gasteiger partial charge >= 0.3 is 6.18 Å². The Morgan fingerprint density at radius 2 is 2.00 bits per heavy atom. The smallest absolute Gasteiger partial charge is 0.411 e. The second-order valence-electron chi connectivity index (χ2n) is 3.24. The summed E-state index contributed by atoms with van der Waals surface area (Å²) in [5.74, 6) is 0. The van der Waals surface area contributed by atoms with Crippen LogP contribution in [0.25, 0.3) is 6.08 Å². The summed E-state index contributed by atoms with van der Waals surface area (Å²) in [5.41, 5.74) is -0.995. The quantitative estimate of drug-likeness (QED) is 0.504. The monoisotopic (exact) mass is 244 g/mol. The standard InChI is InChI=1S/C11H11F3N2O/c1-2-10(16-17)9(11(12,13)14)7-8-3-5-15-6-4-8/h3-7,17H,2H2,1H3/b9-7+,16-10+. The molecule has 0 amide bonds. The van der Waals surface area contributed by atoms with Gasteiger partial charge in [0.1, 0.15) is 0 Å². The van der Waals surface area contributed by atoms with Gasteiger partial charge in [-0.3, -0.25) is 4.98 Å². The van der Waals surface area contributed by atoms with Gasteiger partial charge in [0.05, 0.1) is 11.3 Å². The van der Waals surface area contributed by atoms with Crippen molar-refractivity contribution in [2.45, 2.75) is 19.5 Å². The zero-order valence-electron chi connectivity index (χ0n) is 9.07. The third-order valence-corrected chi connectivity index (χ3v) is 2.09. The minimum Gasteiger partial charge on any atom is -0.411 e. The van der Waals surface area contributed by atoms with Crippen LogP contribution in [0.3, 0.4) is 0 Å². The lowest BCUT2D eigenvalue weighted by atomic mass is 10.0. The number of nitrogens with zero attached hydrogens (tertiary/aromatic N) is 2. The number of alkyl halides is 3. The van der Waals surface area contributed by atoms with Crippen LogP contribution in [0.4, 0.5) is 13.2 Å². The zero-order valence-corrected chi connectivity index (χ0v) is 9.07. The number of allylic oxidation sites excluding steroid dienone is 1. The summed E-state index contributed by atoms with van der Waals surface area (Å²) in [6.07, 6.45) is -0.850. The fraction of sp³-hybridized carbons (Fsp3) is 0.273. The summed E-state index contributed by atoms with van der Waals surface area (Å²) in [7, 11) is 0. The molecule has 17 heavy (non-hydrogen) atoms. The minimum atomic E-state index is -4.55. The molecule has 0 saturated carbocycles. The molecule has 0 radical (unpaired) electrons. The Kier molecular flexibility index (Phi) is 4.25. The molecule has 1 aromatic rings. The molecule has 3 nitrogen and oxygen atoms in total. The topological polar surface area (TPSA) is 45.5 Å². The third-order valence-electron chi connectivity index (χ3n) is 2.09. The van der Waals surface area contributed by atoms with Crippen LogP contribution in [0.1, 0.15) is 18.9 Å². The third kappa shape index (κ3) is 3.58. The van der Waals surface area contributed by atoms with Gasteiger partial charge in [0.25, 0.3) is 0 Å². The lowest BCUT2D eigenvalue weighted by molar-refractivity contribution is -0.0855. The summed E-state index contributed by atoms with van der Waals surface area (Å²) >= 11 is 0. The van der Waals surface area contributed by atoms with Gasteiger partial charge in [-0.25, -0.2) is 0 Å². The van der Waals surface area contributed by atoms with Crippen molar-refractivity contribution >= 4 is 11.8 Å². The van der Waals surface area contributed by atoms with Crippen LogP contribution in [0.2, 0.25) is 0 Å². The highest BCUT2D eigenvalue weighted by atomic mass is 19.4. The molecular formula is C11H11F3N2O. The van der Waals surface area contributed by atoms with Crippen LogP contribution in [0.15, 0.2) is 35.3 Å². The minimum absolute atomic E-state index is 0.00702. The van der Waals surface area contributed by atoms with E-state index >= 15 is 0 Å². The van der Waals surface area contributed by atoms with Crippen LogP contribution in [-0.2, 0) is 0 Å². The first kappa shape index (κ1) is 13.2. The van der Waals surface area contributed by atoms with Crippen molar-refractivity contribution in [2.24, 2.45) is 5.16 Å². The van der Waals surface area contributed by atoms with Gasteiger partial charge < -0.3 is 5.21 Å². The van der Waals surface area contributed by atoms with Crippen molar-refractivity contribution < 1.29 is 18.4 Å². The summed E-state index contributed by atoms with van der Waals surface area (Å²) in [6, 6.07) is 2.88. The largest absolute Gasteiger partial charge is 0.418 e. The molecule has 0 saturated heterocycles. The van der Waals surface area contributed by atoms with E-state index in [1.54, 1.807) is 0 Å². The van der Waals surface area contributed by atoms with Gasteiger partial charge in [0.15, 0.2) is 0 Å². The van der Waals surface area contributed by atoms with E-state index in [-0.39, 0.29) is 6.42 Å². The van der Waals surface area contributed by atoms with Crippen molar-refractivity contribution in [3.63, 3.8) is 0 Å². The first-order chi connectivity index (χ1) is 7.99. The van der Waals surface area contributed by atoms with Crippen molar-refractivity contribution in [2.75, 3.05) is 0 Å². The van der Waals surface area contributed by atoms with E-state index in [1.165, 1.54) is 31.5 Å². The second kappa shape index (κ2) is 5.47. The molecule has 1 aromatic heterocycles. The molecule has 0 bridgehead atoms. The molecule has 6 heteroatoms. The second-order valence-corrected chi connectivity index (χ2v) is 3.24. The Morgan fingerprint density at radius 3 is 2.41 bits per heavy atom. The van der Waals surface area contributed by atoms with Crippen LogP contribution >= 0.6 is 0 Å². The molecule has 0 unspecified atom stereocenters. The highest BCUT2D eigenvalue weighted by Gasteiger charge is 2.36. The van der Waals surface area contributed by atoms with E-state index in [2.05, 4.69) is 10.1 Å². The maximum Gasteiger partial charge on any atom is 0.418 e. The molecular weight excluding hydrogens is 233 g/mol. The van der Waals surface area contributed by atoms with E-state index in [0.29, 0.717) is 5.56 Å². The van der Waals surface area contributed by atoms with Crippen molar-refractivity contribution in [3.8, 4) is 0 Å². The predicted molar refractivity (Wildman–Crippen MR) is 57.8 cm³/mol. The molecule has 1 N–H and O–H groups in total. The van der Waals surface area contributed by atoms with E-state index in [0.717, 1.165) is 6.08 Å². The lowest BCUT2D eigenvalue weighted by Gasteiger charge is -2.11. The summed E-state index contributed by atoms with van der Waals surface area (Å²) < 4.78 is 38.3. The Hall–Kier alpha value is -1.85. The number of pyridine rings is 1. The zero-order chi connectivity index (χ0) is 12.9. The van der Waals surface area contributed by atoms with E-state index in [1.807, 2.05) is 0 Å². The Morgan fingerprint density at radius 1 is 1.41 bits per heavy atom. The Labute approximate surface area is 96.3 Å². The van der Waals surface area contributed by atoms with Gasteiger partial charge in [-0.05, 0) is 30.2 Å². The highest BCUT2D eigenvalue weighted by molar-refractivity contribution is 6.04. The molecule has 0 fully saturated rings. The number of rotatable bonds is 3. The van der Waals surface area contributed by atoms with Crippen LogP contribution in [0, 0.1) is 0 Å². The Bertz CT molecular complexity index is 424. The predicted octanol–water partition coefficient (Wildman–Crippen LogP) is 3.27. The molecule has 0 spiro atoms. The van der Waals surface area contributed by atoms with Crippen molar-refractivity contribution in [1.29, 1.82) is 0 Å². The van der Waals surface area contributed by atoms with E-state index in [9.17, 15) is 13.2 Å². The van der Waals surface area contributed by atoms with Crippen molar-refractivity contribution in [3.05, 3.63) is 35.7 Å². The highest BCUT2D eigenvalue weighted by Crippen LogP contribution is 2.29. The number of hydrogen-bond donors (Lipinski definition) is 1. The van der Waals surface area contributed by atoms with Crippen LogP contribution in [-0.4, -0.2) is 22.1 Å². The van der Waals surface area contributed by atoms with E-state index < -0.39 is 17.5 Å². The van der Waals surface area contributed by atoms with Gasteiger partial charge in [-0.1, -0.05) is 12.1 Å². The molecule has 0 aliphatic heterocycles. The molecule has 0 atom stereocenters. The Balaban J connectivity index is 3.21. The average molecular weight is 244 g/mol.